The number of nitriles is 1. The van der Waals surface area contributed by atoms with E-state index in [0.29, 0.717) is 0 Å². The molecule has 0 heterocycles. The van der Waals surface area contributed by atoms with Crippen LogP contribution in [0.1, 0.15) is 5.56 Å². The van der Waals surface area contributed by atoms with Crippen LogP contribution in [-0.2, 0) is 0 Å². The van der Waals surface area contributed by atoms with E-state index in [1.165, 1.54) is 12.1 Å². The minimum absolute atomic E-state index is 0.114. The van der Waals surface area contributed by atoms with Crippen LogP contribution >= 0.6 is 11.6 Å². The lowest BCUT2D eigenvalue weighted by atomic mass is 10.2. The average Bonchev–Trinajstić information content (AvgIpc) is 2.35. The monoisotopic (exact) mass is 265 g/mol. The Labute approximate surface area is 107 Å². The minimum Gasteiger partial charge on any atom is -0.450 e. The standard InChI is InChI=1S/C13H6ClF2NO/c14-9-3-1-2-4-12(9)18-13-10(15)5-8(7-17)6-11(13)16/h1-6H. The number of benzene rings is 2. The predicted molar refractivity (Wildman–Crippen MR) is 62.6 cm³/mol. The van der Waals surface area contributed by atoms with Gasteiger partial charge in [-0.1, -0.05) is 23.7 Å². The smallest absolute Gasteiger partial charge is 0.198 e. The molecule has 0 fully saturated rings. The second kappa shape index (κ2) is 5.03. The van der Waals surface area contributed by atoms with Crippen molar-refractivity contribution in [2.24, 2.45) is 0 Å². The Kier molecular flexibility index (Phi) is 3.45. The molecule has 0 saturated carbocycles. The maximum Gasteiger partial charge on any atom is 0.198 e. The molecule has 0 unspecified atom stereocenters. The van der Waals surface area contributed by atoms with Gasteiger partial charge >= 0.3 is 0 Å². The van der Waals surface area contributed by atoms with Crippen LogP contribution in [0.4, 0.5) is 8.78 Å². The molecular formula is C13H6ClF2NO. The Morgan fingerprint density at radius 3 is 2.28 bits per heavy atom. The fourth-order valence-electron chi connectivity index (χ4n) is 1.36. The lowest BCUT2D eigenvalue weighted by Gasteiger charge is -2.09. The van der Waals surface area contributed by atoms with Gasteiger partial charge in [-0.25, -0.2) is 8.78 Å². The maximum atomic E-state index is 13.6. The Bertz CT molecular complexity index is 614. The summed E-state index contributed by atoms with van der Waals surface area (Å²) in [6.45, 7) is 0. The zero-order chi connectivity index (χ0) is 13.1. The first-order valence-corrected chi connectivity index (χ1v) is 5.31. The molecule has 0 aliphatic rings. The van der Waals surface area contributed by atoms with Gasteiger partial charge in [0, 0.05) is 0 Å². The summed E-state index contributed by atoms with van der Waals surface area (Å²) in [5, 5.41) is 8.80. The summed E-state index contributed by atoms with van der Waals surface area (Å²) in [5.41, 5.74) is -0.114. The maximum absolute atomic E-state index is 13.6. The Morgan fingerprint density at radius 2 is 1.72 bits per heavy atom. The van der Waals surface area contributed by atoms with Crippen molar-refractivity contribution in [2.45, 2.75) is 0 Å². The van der Waals surface area contributed by atoms with E-state index in [0.717, 1.165) is 12.1 Å². The molecular weight excluding hydrogens is 260 g/mol. The summed E-state index contributed by atoms with van der Waals surface area (Å²) >= 11 is 5.82. The number of para-hydroxylation sites is 1. The zero-order valence-electron chi connectivity index (χ0n) is 8.95. The van der Waals surface area contributed by atoms with Crippen molar-refractivity contribution in [3.8, 4) is 17.6 Å². The molecule has 0 amide bonds. The van der Waals surface area contributed by atoms with Gasteiger partial charge in [0.05, 0.1) is 16.7 Å². The molecule has 0 bridgehead atoms. The van der Waals surface area contributed by atoms with Crippen LogP contribution in [0.25, 0.3) is 0 Å². The molecule has 0 atom stereocenters. The molecule has 0 radical (unpaired) electrons. The second-order valence-corrected chi connectivity index (χ2v) is 3.82. The summed E-state index contributed by atoms with van der Waals surface area (Å²) in [6.07, 6.45) is 0. The normalized spacial score (nSPS) is 9.89. The van der Waals surface area contributed by atoms with Crippen LogP contribution in [0, 0.1) is 23.0 Å². The number of ether oxygens (including phenoxy) is 1. The van der Waals surface area contributed by atoms with Crippen LogP contribution < -0.4 is 4.74 Å². The van der Waals surface area contributed by atoms with E-state index in [-0.39, 0.29) is 16.3 Å². The van der Waals surface area contributed by atoms with E-state index in [1.54, 1.807) is 18.2 Å². The molecule has 0 spiro atoms. The summed E-state index contributed by atoms with van der Waals surface area (Å²) in [5.74, 6) is -2.35. The molecule has 2 nitrogen and oxygen atoms in total. The molecule has 0 N–H and O–H groups in total. The first kappa shape index (κ1) is 12.3. The largest absolute Gasteiger partial charge is 0.450 e. The minimum atomic E-state index is -0.952. The number of rotatable bonds is 2. The van der Waals surface area contributed by atoms with Crippen molar-refractivity contribution in [3.05, 3.63) is 58.6 Å². The van der Waals surface area contributed by atoms with Crippen LogP contribution in [-0.4, -0.2) is 0 Å². The average molecular weight is 266 g/mol. The lowest BCUT2D eigenvalue weighted by Crippen LogP contribution is -1.94. The van der Waals surface area contributed by atoms with Gasteiger partial charge in [-0.15, -0.1) is 0 Å². The molecule has 2 aromatic rings. The van der Waals surface area contributed by atoms with Crippen molar-refractivity contribution < 1.29 is 13.5 Å². The molecule has 0 saturated heterocycles. The molecule has 0 aromatic heterocycles. The lowest BCUT2D eigenvalue weighted by molar-refractivity contribution is 0.407. The van der Waals surface area contributed by atoms with Gasteiger partial charge in [-0.3, -0.25) is 0 Å². The van der Waals surface area contributed by atoms with E-state index < -0.39 is 17.4 Å². The summed E-state index contributed by atoms with van der Waals surface area (Å²) in [6, 6.07) is 9.76. The van der Waals surface area contributed by atoms with Crippen molar-refractivity contribution >= 4 is 11.6 Å². The molecule has 18 heavy (non-hydrogen) atoms. The van der Waals surface area contributed by atoms with E-state index >= 15 is 0 Å². The molecule has 2 rings (SSSR count). The number of nitrogens with zero attached hydrogens (tertiary/aromatic N) is 1. The quantitative estimate of drug-likeness (QED) is 0.812. The third-order valence-corrected chi connectivity index (χ3v) is 2.49. The zero-order valence-corrected chi connectivity index (χ0v) is 9.71. The summed E-state index contributed by atoms with van der Waals surface area (Å²) < 4.78 is 32.2. The first-order chi connectivity index (χ1) is 8.61. The van der Waals surface area contributed by atoms with Gasteiger partial charge in [0.2, 0.25) is 0 Å². The molecule has 2 aromatic carbocycles. The Balaban J connectivity index is 2.42. The van der Waals surface area contributed by atoms with Gasteiger partial charge in [-0.05, 0) is 24.3 Å². The van der Waals surface area contributed by atoms with E-state index in [4.69, 9.17) is 21.6 Å². The SMILES string of the molecule is N#Cc1cc(F)c(Oc2ccccc2Cl)c(F)c1. The fraction of sp³-hybridized carbons (Fsp3) is 0. The van der Waals surface area contributed by atoms with Crippen LogP contribution in [0.5, 0.6) is 11.5 Å². The van der Waals surface area contributed by atoms with Crippen LogP contribution in [0.3, 0.4) is 0 Å². The second-order valence-electron chi connectivity index (χ2n) is 3.41. The predicted octanol–water partition coefficient (Wildman–Crippen LogP) is 4.28. The van der Waals surface area contributed by atoms with Crippen molar-refractivity contribution in [1.82, 2.24) is 0 Å². The van der Waals surface area contributed by atoms with Gasteiger partial charge in [-0.2, -0.15) is 5.26 Å². The van der Waals surface area contributed by atoms with Crippen LogP contribution in [0.2, 0.25) is 5.02 Å². The topological polar surface area (TPSA) is 33.0 Å². The fourth-order valence-corrected chi connectivity index (χ4v) is 1.53. The van der Waals surface area contributed by atoms with Crippen molar-refractivity contribution in [2.75, 3.05) is 0 Å². The highest BCUT2D eigenvalue weighted by atomic mass is 35.5. The van der Waals surface area contributed by atoms with Crippen molar-refractivity contribution in [3.63, 3.8) is 0 Å². The van der Waals surface area contributed by atoms with E-state index in [9.17, 15) is 8.78 Å². The van der Waals surface area contributed by atoms with Gasteiger partial charge in [0.1, 0.15) is 5.75 Å². The van der Waals surface area contributed by atoms with Gasteiger partial charge in [0.15, 0.2) is 17.4 Å². The van der Waals surface area contributed by atoms with Crippen LogP contribution in [0.15, 0.2) is 36.4 Å². The number of hydrogen-bond acceptors (Lipinski definition) is 2. The Morgan fingerprint density at radius 1 is 1.11 bits per heavy atom. The highest BCUT2D eigenvalue weighted by Gasteiger charge is 2.14. The van der Waals surface area contributed by atoms with E-state index in [2.05, 4.69) is 0 Å². The molecule has 0 aliphatic carbocycles. The molecule has 5 heteroatoms. The molecule has 0 aliphatic heterocycles. The third kappa shape index (κ3) is 2.41. The third-order valence-electron chi connectivity index (χ3n) is 2.18. The molecule has 90 valence electrons. The van der Waals surface area contributed by atoms with Crippen molar-refractivity contribution in [1.29, 1.82) is 5.26 Å². The highest BCUT2D eigenvalue weighted by molar-refractivity contribution is 6.32. The number of halogens is 3. The summed E-state index contributed by atoms with van der Waals surface area (Å²) in [7, 11) is 0. The highest BCUT2D eigenvalue weighted by Crippen LogP contribution is 2.32. The van der Waals surface area contributed by atoms with E-state index in [1.807, 2.05) is 0 Å². The number of hydrogen-bond donors (Lipinski definition) is 0. The Hall–Kier alpha value is -2.12. The van der Waals surface area contributed by atoms with Gasteiger partial charge < -0.3 is 4.74 Å². The van der Waals surface area contributed by atoms with Gasteiger partial charge in [0.25, 0.3) is 0 Å². The first-order valence-electron chi connectivity index (χ1n) is 4.93. The summed E-state index contributed by atoms with van der Waals surface area (Å²) in [4.78, 5) is 0.